The minimum atomic E-state index is 0.218. The standard InChI is InChI=1S/C18H27N3O3/c1-2-18(6-10-22-11-7-18)13-20-17(19)21-14-4-5-15-16(12-14)24-9-3-8-23-15/h4-5,12H,2-3,6-11,13H2,1H3,(H3,19,20,21). The van der Waals surface area contributed by atoms with Crippen LogP contribution >= 0.6 is 0 Å². The summed E-state index contributed by atoms with van der Waals surface area (Å²) in [7, 11) is 0. The molecule has 1 fully saturated rings. The molecule has 3 N–H and O–H groups in total. The van der Waals surface area contributed by atoms with Crippen LogP contribution in [-0.2, 0) is 4.74 Å². The summed E-state index contributed by atoms with van der Waals surface area (Å²) >= 11 is 0. The molecule has 2 aliphatic rings. The molecule has 1 aromatic rings. The third kappa shape index (κ3) is 4.12. The predicted molar refractivity (Wildman–Crippen MR) is 94.9 cm³/mol. The second-order valence-electron chi connectivity index (χ2n) is 6.50. The fourth-order valence-electron chi connectivity index (χ4n) is 3.11. The smallest absolute Gasteiger partial charge is 0.193 e. The maximum Gasteiger partial charge on any atom is 0.193 e. The van der Waals surface area contributed by atoms with E-state index in [2.05, 4.69) is 17.2 Å². The van der Waals surface area contributed by atoms with Crippen LogP contribution < -0.4 is 20.5 Å². The molecule has 2 heterocycles. The van der Waals surface area contributed by atoms with Crippen LogP contribution in [0.3, 0.4) is 0 Å². The van der Waals surface area contributed by atoms with Gasteiger partial charge in [0, 0.05) is 37.9 Å². The first kappa shape index (κ1) is 16.9. The Balaban J connectivity index is 1.63. The molecule has 0 aliphatic carbocycles. The maximum atomic E-state index is 6.08. The molecule has 0 bridgehead atoms. The molecule has 0 radical (unpaired) electrons. The van der Waals surface area contributed by atoms with Crippen molar-refractivity contribution in [2.75, 3.05) is 38.3 Å². The predicted octanol–water partition coefficient (Wildman–Crippen LogP) is 2.78. The molecule has 132 valence electrons. The van der Waals surface area contributed by atoms with E-state index >= 15 is 0 Å². The zero-order chi connectivity index (χ0) is 16.8. The Morgan fingerprint density at radius 3 is 2.67 bits per heavy atom. The van der Waals surface area contributed by atoms with Crippen molar-refractivity contribution in [3.8, 4) is 11.5 Å². The third-order valence-electron chi connectivity index (χ3n) is 4.91. The van der Waals surface area contributed by atoms with Gasteiger partial charge in [0.15, 0.2) is 17.5 Å². The van der Waals surface area contributed by atoms with E-state index in [1.807, 2.05) is 18.2 Å². The second kappa shape index (κ2) is 7.75. The molecule has 0 amide bonds. The number of ether oxygens (including phenoxy) is 3. The van der Waals surface area contributed by atoms with Gasteiger partial charge in [-0.05, 0) is 36.8 Å². The van der Waals surface area contributed by atoms with Crippen LogP contribution in [0.5, 0.6) is 11.5 Å². The van der Waals surface area contributed by atoms with E-state index in [0.717, 1.165) is 62.6 Å². The van der Waals surface area contributed by atoms with E-state index < -0.39 is 0 Å². The van der Waals surface area contributed by atoms with Crippen LogP contribution in [0, 0.1) is 5.41 Å². The van der Waals surface area contributed by atoms with Crippen LogP contribution in [0.1, 0.15) is 32.6 Å². The van der Waals surface area contributed by atoms with Crippen molar-refractivity contribution in [1.29, 1.82) is 0 Å². The molecule has 6 nitrogen and oxygen atoms in total. The number of rotatable bonds is 4. The molecule has 24 heavy (non-hydrogen) atoms. The number of guanidine groups is 1. The van der Waals surface area contributed by atoms with Crippen LogP contribution in [0.15, 0.2) is 23.2 Å². The molecular formula is C18H27N3O3. The van der Waals surface area contributed by atoms with Crippen molar-refractivity contribution in [3.05, 3.63) is 18.2 Å². The minimum Gasteiger partial charge on any atom is -0.490 e. The largest absolute Gasteiger partial charge is 0.490 e. The van der Waals surface area contributed by atoms with Crippen molar-refractivity contribution < 1.29 is 14.2 Å². The zero-order valence-electron chi connectivity index (χ0n) is 14.3. The van der Waals surface area contributed by atoms with Gasteiger partial charge < -0.3 is 25.3 Å². The monoisotopic (exact) mass is 333 g/mol. The van der Waals surface area contributed by atoms with E-state index in [9.17, 15) is 0 Å². The van der Waals surface area contributed by atoms with Crippen LogP contribution in [0.2, 0.25) is 0 Å². The van der Waals surface area contributed by atoms with Crippen LogP contribution in [-0.4, -0.2) is 38.9 Å². The van der Waals surface area contributed by atoms with Gasteiger partial charge in [0.1, 0.15) is 0 Å². The number of fused-ring (bicyclic) bond motifs is 1. The number of nitrogens with one attached hydrogen (secondary N) is 1. The Morgan fingerprint density at radius 1 is 1.17 bits per heavy atom. The fraction of sp³-hybridized carbons (Fsp3) is 0.611. The summed E-state index contributed by atoms with van der Waals surface area (Å²) < 4.78 is 16.8. The topological polar surface area (TPSA) is 78.1 Å². The van der Waals surface area contributed by atoms with Crippen molar-refractivity contribution in [2.24, 2.45) is 16.1 Å². The van der Waals surface area contributed by atoms with E-state index in [0.29, 0.717) is 19.2 Å². The maximum absolute atomic E-state index is 6.08. The van der Waals surface area contributed by atoms with Gasteiger partial charge in [-0.3, -0.25) is 4.99 Å². The molecule has 0 spiro atoms. The van der Waals surface area contributed by atoms with Gasteiger partial charge >= 0.3 is 0 Å². The van der Waals surface area contributed by atoms with Gasteiger partial charge in [0.2, 0.25) is 0 Å². The van der Waals surface area contributed by atoms with E-state index in [1.165, 1.54) is 0 Å². The van der Waals surface area contributed by atoms with Crippen LogP contribution in [0.4, 0.5) is 5.69 Å². The number of hydrogen-bond donors (Lipinski definition) is 2. The highest BCUT2D eigenvalue weighted by molar-refractivity contribution is 5.92. The molecule has 6 heteroatoms. The lowest BCUT2D eigenvalue weighted by Crippen LogP contribution is -2.33. The van der Waals surface area contributed by atoms with Gasteiger partial charge in [-0.2, -0.15) is 0 Å². The molecular weight excluding hydrogens is 306 g/mol. The van der Waals surface area contributed by atoms with Gasteiger partial charge in [-0.15, -0.1) is 0 Å². The van der Waals surface area contributed by atoms with Gasteiger partial charge in [0.25, 0.3) is 0 Å². The lowest BCUT2D eigenvalue weighted by atomic mass is 9.78. The van der Waals surface area contributed by atoms with Crippen molar-refractivity contribution in [3.63, 3.8) is 0 Å². The number of hydrogen-bond acceptors (Lipinski definition) is 4. The Morgan fingerprint density at radius 2 is 1.92 bits per heavy atom. The Hall–Kier alpha value is -1.95. The third-order valence-corrected chi connectivity index (χ3v) is 4.91. The second-order valence-corrected chi connectivity index (χ2v) is 6.50. The molecule has 0 saturated carbocycles. The highest BCUT2D eigenvalue weighted by Crippen LogP contribution is 2.34. The van der Waals surface area contributed by atoms with E-state index in [-0.39, 0.29) is 5.41 Å². The number of benzene rings is 1. The number of anilines is 1. The Bertz CT molecular complexity index is 583. The highest BCUT2D eigenvalue weighted by atomic mass is 16.5. The summed E-state index contributed by atoms with van der Waals surface area (Å²) in [6.07, 6.45) is 4.08. The first-order valence-electron chi connectivity index (χ1n) is 8.75. The molecule has 1 saturated heterocycles. The van der Waals surface area contributed by atoms with E-state index in [1.54, 1.807) is 0 Å². The molecule has 2 aliphatic heterocycles. The number of aliphatic imine (C=N–C) groups is 1. The van der Waals surface area contributed by atoms with Crippen LogP contribution in [0.25, 0.3) is 0 Å². The Labute approximate surface area is 143 Å². The lowest BCUT2D eigenvalue weighted by molar-refractivity contribution is 0.0174. The molecule has 0 aromatic heterocycles. The van der Waals surface area contributed by atoms with Crippen molar-refractivity contribution in [2.45, 2.75) is 32.6 Å². The first-order chi connectivity index (χ1) is 11.7. The van der Waals surface area contributed by atoms with Crippen molar-refractivity contribution in [1.82, 2.24) is 0 Å². The first-order valence-corrected chi connectivity index (χ1v) is 8.75. The average Bonchev–Trinajstić information content (AvgIpc) is 2.86. The number of nitrogens with zero attached hydrogens (tertiary/aromatic N) is 1. The molecule has 0 unspecified atom stereocenters. The van der Waals surface area contributed by atoms with Gasteiger partial charge in [-0.25, -0.2) is 0 Å². The van der Waals surface area contributed by atoms with Gasteiger partial charge in [-0.1, -0.05) is 6.92 Å². The summed E-state index contributed by atoms with van der Waals surface area (Å²) in [6.45, 7) is 5.94. The summed E-state index contributed by atoms with van der Waals surface area (Å²) in [5.41, 5.74) is 7.16. The SMILES string of the molecule is CCC1(CN=C(N)Nc2ccc3c(c2)OCCCO3)CCOCC1. The zero-order valence-corrected chi connectivity index (χ0v) is 14.3. The summed E-state index contributed by atoms with van der Waals surface area (Å²) in [5.74, 6) is 1.96. The molecule has 3 rings (SSSR count). The lowest BCUT2D eigenvalue weighted by Gasteiger charge is -2.35. The summed E-state index contributed by atoms with van der Waals surface area (Å²) in [5, 5.41) is 3.15. The average molecular weight is 333 g/mol. The highest BCUT2D eigenvalue weighted by Gasteiger charge is 2.30. The fourth-order valence-corrected chi connectivity index (χ4v) is 3.11. The minimum absolute atomic E-state index is 0.218. The molecule has 0 atom stereocenters. The quantitative estimate of drug-likeness (QED) is 0.654. The summed E-state index contributed by atoms with van der Waals surface area (Å²) in [4.78, 5) is 4.57. The van der Waals surface area contributed by atoms with Crippen molar-refractivity contribution >= 4 is 11.6 Å². The van der Waals surface area contributed by atoms with Gasteiger partial charge in [0.05, 0.1) is 13.2 Å². The molecule has 1 aromatic carbocycles. The number of nitrogens with two attached hydrogens (primary N) is 1. The Kier molecular flexibility index (Phi) is 5.45. The normalized spacial score (nSPS) is 20.3. The van der Waals surface area contributed by atoms with E-state index in [4.69, 9.17) is 19.9 Å². The summed E-state index contributed by atoms with van der Waals surface area (Å²) in [6, 6.07) is 5.75.